The quantitative estimate of drug-likeness (QED) is 0.214. The van der Waals surface area contributed by atoms with E-state index in [2.05, 4.69) is 22.5 Å². The van der Waals surface area contributed by atoms with Gasteiger partial charge in [-0.2, -0.15) is 0 Å². The first kappa shape index (κ1) is 34.6. The molecular weight excluding hydrogens is 568 g/mol. The highest BCUT2D eigenvalue weighted by Gasteiger charge is 2.37. The first-order chi connectivity index (χ1) is 20.9. The van der Waals surface area contributed by atoms with Gasteiger partial charge in [0.1, 0.15) is 12.1 Å². The summed E-state index contributed by atoms with van der Waals surface area (Å²) in [5.41, 5.74) is 4.93. The second-order valence-electron chi connectivity index (χ2n) is 10.7. The number of amides is 3. The Morgan fingerprint density at radius 1 is 1.00 bits per heavy atom. The Hall–Kier alpha value is -2.86. The SMILES string of the molecule is CCCCC(NC(=O)CCOCCOCCOCCC)C(=O)N1CCCC1C(=O)NCc1ccc(-c2scnc2C)cc1. The van der Waals surface area contributed by atoms with Crippen molar-refractivity contribution in [3.63, 3.8) is 0 Å². The van der Waals surface area contributed by atoms with Crippen molar-refractivity contribution in [1.29, 1.82) is 0 Å². The van der Waals surface area contributed by atoms with E-state index in [1.54, 1.807) is 16.2 Å². The minimum absolute atomic E-state index is 0.154. The fourth-order valence-electron chi connectivity index (χ4n) is 4.95. The summed E-state index contributed by atoms with van der Waals surface area (Å²) in [6, 6.07) is 6.89. The van der Waals surface area contributed by atoms with Crippen LogP contribution in [0.2, 0.25) is 0 Å². The van der Waals surface area contributed by atoms with Crippen molar-refractivity contribution in [2.24, 2.45) is 0 Å². The summed E-state index contributed by atoms with van der Waals surface area (Å²) in [4.78, 5) is 46.5. The smallest absolute Gasteiger partial charge is 0.245 e. The van der Waals surface area contributed by atoms with Crippen molar-refractivity contribution < 1.29 is 28.6 Å². The van der Waals surface area contributed by atoms with E-state index in [4.69, 9.17) is 14.2 Å². The summed E-state index contributed by atoms with van der Waals surface area (Å²) >= 11 is 1.61. The molecule has 3 rings (SSSR count). The number of benzene rings is 1. The van der Waals surface area contributed by atoms with Gasteiger partial charge in [0.05, 0.1) is 49.1 Å². The molecule has 0 bridgehead atoms. The van der Waals surface area contributed by atoms with E-state index in [9.17, 15) is 14.4 Å². The van der Waals surface area contributed by atoms with E-state index in [1.165, 1.54) is 0 Å². The van der Waals surface area contributed by atoms with Crippen LogP contribution in [0.25, 0.3) is 10.4 Å². The minimum atomic E-state index is -0.657. The summed E-state index contributed by atoms with van der Waals surface area (Å²) in [6.07, 6.45) is 4.73. The molecule has 1 aromatic heterocycles. The number of unbranched alkanes of at least 4 members (excludes halogenated alkanes) is 1. The number of likely N-dealkylation sites (tertiary alicyclic amines) is 1. The summed E-state index contributed by atoms with van der Waals surface area (Å²) < 4.78 is 16.3. The normalized spacial score (nSPS) is 15.4. The van der Waals surface area contributed by atoms with Crippen molar-refractivity contribution in [3.8, 4) is 10.4 Å². The van der Waals surface area contributed by atoms with Gasteiger partial charge in [-0.25, -0.2) is 4.98 Å². The third-order valence-electron chi connectivity index (χ3n) is 7.31. The van der Waals surface area contributed by atoms with Crippen molar-refractivity contribution in [2.75, 3.05) is 46.2 Å². The molecule has 1 aliphatic rings. The molecule has 1 aromatic carbocycles. The van der Waals surface area contributed by atoms with E-state index in [0.717, 1.165) is 54.0 Å². The molecule has 2 atom stereocenters. The van der Waals surface area contributed by atoms with Crippen molar-refractivity contribution in [1.82, 2.24) is 20.5 Å². The van der Waals surface area contributed by atoms with Gasteiger partial charge in [0.15, 0.2) is 0 Å². The van der Waals surface area contributed by atoms with E-state index in [0.29, 0.717) is 52.4 Å². The number of thiazole rings is 1. The Morgan fingerprint density at radius 3 is 2.35 bits per heavy atom. The molecule has 1 aliphatic heterocycles. The van der Waals surface area contributed by atoms with E-state index in [1.807, 2.05) is 43.6 Å². The molecule has 2 unspecified atom stereocenters. The highest BCUT2D eigenvalue weighted by Crippen LogP contribution is 2.27. The van der Waals surface area contributed by atoms with Gasteiger partial charge in [-0.3, -0.25) is 14.4 Å². The number of aromatic nitrogens is 1. The van der Waals surface area contributed by atoms with E-state index < -0.39 is 12.1 Å². The predicted molar refractivity (Wildman–Crippen MR) is 168 cm³/mol. The first-order valence-corrected chi connectivity index (χ1v) is 16.4. The van der Waals surface area contributed by atoms with Gasteiger partial charge in [0.2, 0.25) is 17.7 Å². The standard InChI is InChI=1S/C32H48N4O6S/c1-4-6-8-27(35-29(37)14-17-41-19-21-42-20-18-40-16-5-2)32(39)36-15-7-9-28(36)31(38)33-22-25-10-12-26(13-11-25)30-24(3)34-23-43-30/h10-13,23,27-28H,4-9,14-22H2,1-3H3,(H,33,38)(H,35,37). The molecule has 43 heavy (non-hydrogen) atoms. The van der Waals surface area contributed by atoms with E-state index >= 15 is 0 Å². The maximum atomic E-state index is 13.6. The van der Waals surface area contributed by atoms with Gasteiger partial charge in [-0.1, -0.05) is 51.0 Å². The maximum Gasteiger partial charge on any atom is 0.245 e. The number of carbonyl (C=O) groups is 3. The Balaban J connectivity index is 1.43. The zero-order valence-electron chi connectivity index (χ0n) is 25.9. The Kier molecular flexibility index (Phi) is 15.6. The fraction of sp³-hybridized carbons (Fsp3) is 0.625. The van der Waals surface area contributed by atoms with Crippen LogP contribution in [-0.4, -0.2) is 85.9 Å². The highest BCUT2D eigenvalue weighted by atomic mass is 32.1. The lowest BCUT2D eigenvalue weighted by atomic mass is 10.1. The zero-order chi connectivity index (χ0) is 30.9. The van der Waals surface area contributed by atoms with Crippen molar-refractivity contribution >= 4 is 29.1 Å². The fourth-order valence-corrected chi connectivity index (χ4v) is 5.76. The van der Waals surface area contributed by atoms with Crippen molar-refractivity contribution in [3.05, 3.63) is 41.0 Å². The Labute approximate surface area is 259 Å². The molecule has 10 nitrogen and oxygen atoms in total. The topological polar surface area (TPSA) is 119 Å². The summed E-state index contributed by atoms with van der Waals surface area (Å²) in [6.45, 7) is 9.86. The first-order valence-electron chi connectivity index (χ1n) is 15.5. The van der Waals surface area contributed by atoms with Crippen LogP contribution in [0.5, 0.6) is 0 Å². The zero-order valence-corrected chi connectivity index (χ0v) is 26.7. The van der Waals surface area contributed by atoms with Gasteiger partial charge in [-0.15, -0.1) is 11.3 Å². The highest BCUT2D eigenvalue weighted by molar-refractivity contribution is 7.13. The molecule has 2 aromatic rings. The van der Waals surface area contributed by atoms with Gasteiger partial charge in [-0.05, 0) is 43.7 Å². The van der Waals surface area contributed by atoms with Gasteiger partial charge in [0, 0.05) is 26.1 Å². The average molecular weight is 617 g/mol. The van der Waals surface area contributed by atoms with Crippen LogP contribution in [-0.2, 0) is 35.1 Å². The lowest BCUT2D eigenvalue weighted by molar-refractivity contribution is -0.141. The maximum absolute atomic E-state index is 13.6. The van der Waals surface area contributed by atoms with Gasteiger partial charge in [0.25, 0.3) is 0 Å². The molecule has 0 radical (unpaired) electrons. The van der Waals surface area contributed by atoms with Gasteiger partial charge >= 0.3 is 0 Å². The van der Waals surface area contributed by atoms with Crippen molar-refractivity contribution in [2.45, 2.75) is 84.3 Å². The van der Waals surface area contributed by atoms with Crippen LogP contribution in [0.15, 0.2) is 29.8 Å². The summed E-state index contributed by atoms with van der Waals surface area (Å²) in [5, 5.41) is 5.92. The third kappa shape index (κ3) is 11.6. The number of nitrogens with zero attached hydrogens (tertiary/aromatic N) is 2. The molecule has 238 valence electrons. The molecule has 0 spiro atoms. The predicted octanol–water partition coefficient (Wildman–Crippen LogP) is 4.25. The molecule has 1 saturated heterocycles. The number of rotatable bonds is 20. The summed E-state index contributed by atoms with van der Waals surface area (Å²) in [5.74, 6) is -0.592. The second kappa shape index (κ2) is 19.4. The van der Waals surface area contributed by atoms with Crippen LogP contribution in [0.3, 0.4) is 0 Å². The van der Waals surface area contributed by atoms with Crippen LogP contribution in [0.4, 0.5) is 0 Å². The largest absolute Gasteiger partial charge is 0.379 e. The molecule has 2 N–H and O–H groups in total. The average Bonchev–Trinajstić information content (AvgIpc) is 3.68. The molecule has 0 saturated carbocycles. The Morgan fingerprint density at radius 2 is 1.70 bits per heavy atom. The number of nitrogens with one attached hydrogen (secondary N) is 2. The van der Waals surface area contributed by atoms with Crippen LogP contribution in [0.1, 0.15) is 70.1 Å². The molecule has 1 fully saturated rings. The lowest BCUT2D eigenvalue weighted by Crippen LogP contribution is -2.53. The monoisotopic (exact) mass is 616 g/mol. The minimum Gasteiger partial charge on any atom is -0.379 e. The number of hydrogen-bond acceptors (Lipinski definition) is 8. The molecule has 11 heteroatoms. The van der Waals surface area contributed by atoms with Crippen LogP contribution >= 0.6 is 11.3 Å². The lowest BCUT2D eigenvalue weighted by Gasteiger charge is -2.29. The Bertz CT molecular complexity index is 1130. The molecule has 0 aliphatic carbocycles. The van der Waals surface area contributed by atoms with Gasteiger partial charge < -0.3 is 29.7 Å². The van der Waals surface area contributed by atoms with Crippen LogP contribution < -0.4 is 10.6 Å². The number of hydrogen-bond donors (Lipinski definition) is 2. The third-order valence-corrected chi connectivity index (χ3v) is 8.29. The number of carbonyl (C=O) groups excluding carboxylic acids is 3. The molecular formula is C32H48N4O6S. The van der Waals surface area contributed by atoms with Crippen LogP contribution in [0, 0.1) is 6.92 Å². The molecule has 3 amide bonds. The number of ether oxygens (including phenoxy) is 3. The second-order valence-corrected chi connectivity index (χ2v) is 11.6. The number of aryl methyl sites for hydroxylation is 1. The molecule has 2 heterocycles. The van der Waals surface area contributed by atoms with E-state index in [-0.39, 0.29) is 30.7 Å². The summed E-state index contributed by atoms with van der Waals surface area (Å²) in [7, 11) is 0.